The van der Waals surface area contributed by atoms with Crippen LogP contribution in [0.15, 0.2) is 23.7 Å². The number of rotatable bonds is 6. The summed E-state index contributed by atoms with van der Waals surface area (Å²) in [4.78, 5) is 5.58. The first-order chi connectivity index (χ1) is 9.61. The molecule has 1 atom stereocenters. The third kappa shape index (κ3) is 3.51. The SMILES string of the molecule is CCCOc1cc(C)ccc1NC(C)c1scnc1C. The van der Waals surface area contributed by atoms with Gasteiger partial charge in [-0.2, -0.15) is 0 Å². The molecule has 1 aromatic carbocycles. The fraction of sp³-hybridized carbons (Fsp3) is 0.438. The molecule has 0 bridgehead atoms. The third-order valence-corrected chi connectivity index (χ3v) is 4.26. The summed E-state index contributed by atoms with van der Waals surface area (Å²) in [5.74, 6) is 0.931. The topological polar surface area (TPSA) is 34.1 Å². The highest BCUT2D eigenvalue weighted by molar-refractivity contribution is 7.09. The second kappa shape index (κ2) is 6.75. The van der Waals surface area contributed by atoms with Crippen LogP contribution in [0, 0.1) is 13.8 Å². The molecular formula is C16H22N2OS. The third-order valence-electron chi connectivity index (χ3n) is 3.15. The zero-order valence-corrected chi connectivity index (χ0v) is 13.4. The lowest BCUT2D eigenvalue weighted by Crippen LogP contribution is -2.08. The molecule has 4 heteroatoms. The monoisotopic (exact) mass is 290 g/mol. The van der Waals surface area contributed by atoms with Crippen LogP contribution in [0.3, 0.4) is 0 Å². The Morgan fingerprint density at radius 1 is 1.35 bits per heavy atom. The summed E-state index contributed by atoms with van der Waals surface area (Å²) >= 11 is 1.69. The van der Waals surface area contributed by atoms with Gasteiger partial charge in [-0.1, -0.05) is 13.0 Å². The number of aryl methyl sites for hydroxylation is 2. The first kappa shape index (κ1) is 14.9. The van der Waals surface area contributed by atoms with E-state index in [1.807, 2.05) is 12.4 Å². The lowest BCUT2D eigenvalue weighted by Gasteiger charge is -2.18. The van der Waals surface area contributed by atoms with Crippen molar-refractivity contribution in [2.45, 2.75) is 40.2 Å². The van der Waals surface area contributed by atoms with Crippen molar-refractivity contribution < 1.29 is 4.74 Å². The number of thiazole rings is 1. The van der Waals surface area contributed by atoms with Gasteiger partial charge < -0.3 is 10.1 Å². The van der Waals surface area contributed by atoms with Crippen molar-refractivity contribution in [3.63, 3.8) is 0 Å². The Hall–Kier alpha value is -1.55. The molecule has 0 fully saturated rings. The molecule has 0 aliphatic rings. The fourth-order valence-corrected chi connectivity index (χ4v) is 2.92. The van der Waals surface area contributed by atoms with E-state index in [9.17, 15) is 0 Å². The molecule has 1 heterocycles. The van der Waals surface area contributed by atoms with Crippen LogP contribution in [0.2, 0.25) is 0 Å². The average molecular weight is 290 g/mol. The molecule has 0 saturated carbocycles. The summed E-state index contributed by atoms with van der Waals surface area (Å²) in [6.07, 6.45) is 1.01. The average Bonchev–Trinajstić information content (AvgIpc) is 2.85. The zero-order chi connectivity index (χ0) is 14.5. The minimum absolute atomic E-state index is 0.231. The van der Waals surface area contributed by atoms with E-state index >= 15 is 0 Å². The normalized spacial score (nSPS) is 12.2. The lowest BCUT2D eigenvalue weighted by atomic mass is 10.1. The number of ether oxygens (including phenoxy) is 1. The van der Waals surface area contributed by atoms with Gasteiger partial charge >= 0.3 is 0 Å². The van der Waals surface area contributed by atoms with Crippen molar-refractivity contribution in [3.8, 4) is 5.75 Å². The number of nitrogens with zero attached hydrogens (tertiary/aromatic N) is 1. The summed E-state index contributed by atoms with van der Waals surface area (Å²) in [5.41, 5.74) is 5.25. The highest BCUT2D eigenvalue weighted by Crippen LogP contribution is 2.31. The smallest absolute Gasteiger partial charge is 0.142 e. The number of nitrogens with one attached hydrogen (secondary N) is 1. The van der Waals surface area contributed by atoms with E-state index < -0.39 is 0 Å². The molecule has 0 spiro atoms. The van der Waals surface area contributed by atoms with Gasteiger partial charge in [-0.15, -0.1) is 11.3 Å². The molecule has 108 valence electrons. The maximum Gasteiger partial charge on any atom is 0.142 e. The van der Waals surface area contributed by atoms with Gasteiger partial charge in [0.25, 0.3) is 0 Å². The minimum Gasteiger partial charge on any atom is -0.491 e. The van der Waals surface area contributed by atoms with Crippen molar-refractivity contribution in [1.29, 1.82) is 0 Å². The van der Waals surface area contributed by atoms with E-state index in [4.69, 9.17) is 4.74 Å². The predicted octanol–water partition coefficient (Wildman–Crippen LogP) is 4.72. The lowest BCUT2D eigenvalue weighted by molar-refractivity contribution is 0.318. The Bertz CT molecular complexity index is 565. The highest BCUT2D eigenvalue weighted by Gasteiger charge is 2.13. The van der Waals surface area contributed by atoms with Crippen LogP contribution in [-0.2, 0) is 0 Å². The number of hydrogen-bond acceptors (Lipinski definition) is 4. The summed E-state index contributed by atoms with van der Waals surface area (Å²) < 4.78 is 5.84. The number of benzene rings is 1. The number of aromatic nitrogens is 1. The number of hydrogen-bond donors (Lipinski definition) is 1. The van der Waals surface area contributed by atoms with Crippen molar-refractivity contribution in [2.75, 3.05) is 11.9 Å². The molecule has 1 N–H and O–H groups in total. The molecule has 20 heavy (non-hydrogen) atoms. The predicted molar refractivity (Wildman–Crippen MR) is 85.9 cm³/mol. The van der Waals surface area contributed by atoms with E-state index in [0.29, 0.717) is 0 Å². The fourth-order valence-electron chi connectivity index (χ4n) is 2.11. The Morgan fingerprint density at radius 2 is 2.15 bits per heavy atom. The van der Waals surface area contributed by atoms with E-state index in [0.717, 1.165) is 30.2 Å². The maximum absolute atomic E-state index is 5.84. The van der Waals surface area contributed by atoms with Crippen LogP contribution in [0.5, 0.6) is 5.75 Å². The van der Waals surface area contributed by atoms with E-state index in [1.54, 1.807) is 11.3 Å². The Labute approximate surface area is 125 Å². The molecule has 2 rings (SSSR count). The van der Waals surface area contributed by atoms with Gasteiger partial charge in [0.05, 0.1) is 29.5 Å². The van der Waals surface area contributed by atoms with Gasteiger partial charge in [0, 0.05) is 4.88 Å². The highest BCUT2D eigenvalue weighted by atomic mass is 32.1. The van der Waals surface area contributed by atoms with Gasteiger partial charge in [0.2, 0.25) is 0 Å². The molecule has 0 radical (unpaired) electrons. The van der Waals surface area contributed by atoms with Crippen LogP contribution in [0.25, 0.3) is 0 Å². The minimum atomic E-state index is 0.231. The summed E-state index contributed by atoms with van der Waals surface area (Å²) in [7, 11) is 0. The molecule has 0 aliphatic carbocycles. The second-order valence-electron chi connectivity index (χ2n) is 5.02. The molecule has 2 aromatic rings. The molecule has 0 saturated heterocycles. The van der Waals surface area contributed by atoms with E-state index in [2.05, 4.69) is 49.3 Å². The van der Waals surface area contributed by atoms with Crippen molar-refractivity contribution in [1.82, 2.24) is 4.98 Å². The van der Waals surface area contributed by atoms with Crippen LogP contribution in [0.4, 0.5) is 5.69 Å². The van der Waals surface area contributed by atoms with Crippen molar-refractivity contribution >= 4 is 17.0 Å². The van der Waals surface area contributed by atoms with Gasteiger partial charge in [-0.25, -0.2) is 4.98 Å². The van der Waals surface area contributed by atoms with Crippen molar-refractivity contribution in [2.24, 2.45) is 0 Å². The Morgan fingerprint density at radius 3 is 2.80 bits per heavy atom. The zero-order valence-electron chi connectivity index (χ0n) is 12.6. The molecule has 1 unspecified atom stereocenters. The molecule has 1 aromatic heterocycles. The van der Waals surface area contributed by atoms with Gasteiger partial charge in [0.1, 0.15) is 5.75 Å². The van der Waals surface area contributed by atoms with Crippen LogP contribution < -0.4 is 10.1 Å². The molecule has 0 amide bonds. The van der Waals surface area contributed by atoms with Gasteiger partial charge in [0.15, 0.2) is 0 Å². The summed E-state index contributed by atoms with van der Waals surface area (Å²) in [6, 6.07) is 6.51. The summed E-state index contributed by atoms with van der Waals surface area (Å²) in [5, 5.41) is 3.54. The summed E-state index contributed by atoms with van der Waals surface area (Å²) in [6.45, 7) is 9.15. The standard InChI is InChI=1S/C16H22N2OS/c1-5-8-19-15-9-11(2)6-7-14(15)18-13(4)16-12(3)17-10-20-16/h6-7,9-10,13,18H,5,8H2,1-4H3. The largest absolute Gasteiger partial charge is 0.491 e. The first-order valence-electron chi connectivity index (χ1n) is 7.01. The van der Waals surface area contributed by atoms with Gasteiger partial charge in [-0.3, -0.25) is 0 Å². The van der Waals surface area contributed by atoms with E-state index in [-0.39, 0.29) is 6.04 Å². The quantitative estimate of drug-likeness (QED) is 0.835. The second-order valence-corrected chi connectivity index (χ2v) is 5.90. The van der Waals surface area contributed by atoms with Crippen molar-refractivity contribution in [3.05, 3.63) is 39.8 Å². The van der Waals surface area contributed by atoms with Crippen LogP contribution >= 0.6 is 11.3 Å². The molecular weight excluding hydrogens is 268 g/mol. The molecule has 0 aliphatic heterocycles. The van der Waals surface area contributed by atoms with Gasteiger partial charge in [-0.05, 0) is 44.9 Å². The Balaban J connectivity index is 2.18. The first-order valence-corrected chi connectivity index (χ1v) is 7.89. The number of anilines is 1. The van der Waals surface area contributed by atoms with E-state index in [1.165, 1.54) is 10.4 Å². The maximum atomic E-state index is 5.84. The van der Waals surface area contributed by atoms with Crippen LogP contribution in [0.1, 0.15) is 42.4 Å². The Kier molecular flexibility index (Phi) is 5.01. The molecule has 3 nitrogen and oxygen atoms in total. The van der Waals surface area contributed by atoms with Crippen LogP contribution in [-0.4, -0.2) is 11.6 Å².